The Labute approximate surface area is 117 Å². The van der Waals surface area contributed by atoms with E-state index < -0.39 is 10.0 Å². The van der Waals surface area contributed by atoms with Gasteiger partial charge in [0.25, 0.3) is 0 Å². The lowest BCUT2D eigenvalue weighted by atomic mass is 10.3. The summed E-state index contributed by atoms with van der Waals surface area (Å²) in [5, 5.41) is 13.7. The SMILES string of the molecule is CNC(C)CNS(=O)(=O)c1cccc(-n2cnnn2)c1. The van der Waals surface area contributed by atoms with Crippen molar-refractivity contribution >= 4 is 10.0 Å². The summed E-state index contributed by atoms with van der Waals surface area (Å²) in [7, 11) is -1.78. The minimum atomic E-state index is -3.55. The normalized spacial score (nSPS) is 13.3. The molecule has 1 aromatic carbocycles. The van der Waals surface area contributed by atoms with Gasteiger partial charge in [-0.2, -0.15) is 0 Å². The van der Waals surface area contributed by atoms with Crippen LogP contribution in [0.4, 0.5) is 0 Å². The summed E-state index contributed by atoms with van der Waals surface area (Å²) < 4.78 is 28.3. The van der Waals surface area contributed by atoms with E-state index in [0.717, 1.165) is 0 Å². The molecule has 8 nitrogen and oxygen atoms in total. The van der Waals surface area contributed by atoms with Crippen molar-refractivity contribution in [2.24, 2.45) is 0 Å². The van der Waals surface area contributed by atoms with Gasteiger partial charge in [-0.25, -0.2) is 17.8 Å². The lowest BCUT2D eigenvalue weighted by Gasteiger charge is -2.12. The lowest BCUT2D eigenvalue weighted by molar-refractivity contribution is 0.554. The fourth-order valence-corrected chi connectivity index (χ4v) is 2.66. The molecule has 108 valence electrons. The molecule has 9 heteroatoms. The fourth-order valence-electron chi connectivity index (χ4n) is 1.49. The van der Waals surface area contributed by atoms with Crippen LogP contribution in [-0.2, 0) is 10.0 Å². The summed E-state index contributed by atoms with van der Waals surface area (Å²) in [4.78, 5) is 0.175. The number of nitrogens with one attached hydrogen (secondary N) is 2. The number of aromatic nitrogens is 4. The van der Waals surface area contributed by atoms with Gasteiger partial charge >= 0.3 is 0 Å². The molecule has 0 aliphatic carbocycles. The average molecular weight is 296 g/mol. The van der Waals surface area contributed by atoms with Gasteiger partial charge in [-0.3, -0.25) is 0 Å². The van der Waals surface area contributed by atoms with Crippen LogP contribution in [0.25, 0.3) is 5.69 Å². The van der Waals surface area contributed by atoms with Gasteiger partial charge in [0.05, 0.1) is 10.6 Å². The molecule has 0 radical (unpaired) electrons. The number of hydrogen-bond acceptors (Lipinski definition) is 6. The highest BCUT2D eigenvalue weighted by Crippen LogP contribution is 2.13. The Bertz CT molecular complexity index is 655. The molecule has 2 rings (SSSR count). The van der Waals surface area contributed by atoms with Crippen molar-refractivity contribution in [3.63, 3.8) is 0 Å². The summed E-state index contributed by atoms with van der Waals surface area (Å²) >= 11 is 0. The summed E-state index contributed by atoms with van der Waals surface area (Å²) in [6.45, 7) is 2.20. The number of rotatable bonds is 6. The molecule has 2 aromatic rings. The van der Waals surface area contributed by atoms with E-state index in [1.54, 1.807) is 19.2 Å². The summed E-state index contributed by atoms with van der Waals surface area (Å²) in [6, 6.07) is 6.47. The molecule has 1 aromatic heterocycles. The van der Waals surface area contributed by atoms with Crippen LogP contribution in [0.3, 0.4) is 0 Å². The molecule has 2 N–H and O–H groups in total. The van der Waals surface area contributed by atoms with Gasteiger partial charge in [0.2, 0.25) is 10.0 Å². The largest absolute Gasteiger partial charge is 0.316 e. The van der Waals surface area contributed by atoms with Gasteiger partial charge in [0.15, 0.2) is 0 Å². The summed E-state index contributed by atoms with van der Waals surface area (Å²) in [5.41, 5.74) is 0.583. The third-order valence-corrected chi connectivity index (χ3v) is 4.24. The minimum absolute atomic E-state index is 0.0486. The molecule has 0 bridgehead atoms. The molecule has 0 saturated heterocycles. The predicted molar refractivity (Wildman–Crippen MR) is 72.9 cm³/mol. The Morgan fingerprint density at radius 1 is 1.40 bits per heavy atom. The maximum atomic E-state index is 12.2. The third kappa shape index (κ3) is 3.38. The second-order valence-electron chi connectivity index (χ2n) is 4.29. The Morgan fingerprint density at radius 2 is 2.20 bits per heavy atom. The molecule has 0 aliphatic heterocycles. The van der Waals surface area contributed by atoms with Crippen LogP contribution in [-0.4, -0.2) is 48.3 Å². The van der Waals surface area contributed by atoms with Gasteiger partial charge in [-0.1, -0.05) is 6.07 Å². The predicted octanol–water partition coefficient (Wildman–Crippen LogP) is -0.452. The van der Waals surface area contributed by atoms with E-state index in [1.165, 1.54) is 23.1 Å². The molecule has 0 aliphatic rings. The van der Waals surface area contributed by atoms with E-state index in [0.29, 0.717) is 12.2 Å². The quantitative estimate of drug-likeness (QED) is 0.748. The van der Waals surface area contributed by atoms with Gasteiger partial charge in [-0.15, -0.1) is 5.10 Å². The van der Waals surface area contributed by atoms with Crippen LogP contribution < -0.4 is 10.0 Å². The van der Waals surface area contributed by atoms with E-state index in [1.807, 2.05) is 6.92 Å². The van der Waals surface area contributed by atoms with Crippen LogP contribution in [0.1, 0.15) is 6.92 Å². The van der Waals surface area contributed by atoms with Crippen molar-refractivity contribution in [1.82, 2.24) is 30.2 Å². The highest BCUT2D eigenvalue weighted by atomic mass is 32.2. The van der Waals surface area contributed by atoms with Crippen LogP contribution in [0.15, 0.2) is 35.5 Å². The molecular formula is C11H16N6O2S. The molecule has 1 atom stereocenters. The maximum absolute atomic E-state index is 12.2. The highest BCUT2D eigenvalue weighted by molar-refractivity contribution is 7.89. The molecule has 1 heterocycles. The summed E-state index contributed by atoms with van der Waals surface area (Å²) in [5.74, 6) is 0. The first-order valence-corrected chi connectivity index (χ1v) is 7.51. The third-order valence-electron chi connectivity index (χ3n) is 2.81. The van der Waals surface area contributed by atoms with Crippen LogP contribution in [0.2, 0.25) is 0 Å². The van der Waals surface area contributed by atoms with Crippen molar-refractivity contribution in [1.29, 1.82) is 0 Å². The molecule has 0 spiro atoms. The van der Waals surface area contributed by atoms with Crippen LogP contribution in [0.5, 0.6) is 0 Å². The van der Waals surface area contributed by atoms with Crippen LogP contribution >= 0.6 is 0 Å². The number of nitrogens with zero attached hydrogens (tertiary/aromatic N) is 4. The Balaban J connectivity index is 2.22. The van der Waals surface area contributed by atoms with Gasteiger partial charge in [-0.05, 0) is 42.6 Å². The molecule has 0 amide bonds. The van der Waals surface area contributed by atoms with Crippen LogP contribution in [0, 0.1) is 0 Å². The van der Waals surface area contributed by atoms with Gasteiger partial charge in [0.1, 0.15) is 6.33 Å². The standard InChI is InChI=1S/C11H16N6O2S/c1-9(12-2)7-14-20(18,19)11-5-3-4-10(6-11)17-8-13-15-16-17/h3-6,8-9,12,14H,7H2,1-2H3. The topological polar surface area (TPSA) is 102 Å². The molecular weight excluding hydrogens is 280 g/mol. The summed E-state index contributed by atoms with van der Waals surface area (Å²) in [6.07, 6.45) is 1.40. The maximum Gasteiger partial charge on any atom is 0.240 e. The number of tetrazole rings is 1. The molecule has 20 heavy (non-hydrogen) atoms. The van der Waals surface area contributed by atoms with Crippen molar-refractivity contribution in [3.05, 3.63) is 30.6 Å². The zero-order valence-corrected chi connectivity index (χ0v) is 12.0. The number of benzene rings is 1. The first-order chi connectivity index (χ1) is 9.53. The Hall–Kier alpha value is -1.84. The Kier molecular flexibility index (Phi) is 4.42. The fraction of sp³-hybridized carbons (Fsp3) is 0.364. The first-order valence-electron chi connectivity index (χ1n) is 6.03. The number of hydrogen-bond donors (Lipinski definition) is 2. The average Bonchev–Trinajstić information content (AvgIpc) is 2.99. The first kappa shape index (κ1) is 14.6. The van der Waals surface area contributed by atoms with E-state index in [4.69, 9.17) is 0 Å². The van der Waals surface area contributed by atoms with E-state index in [2.05, 4.69) is 25.6 Å². The van der Waals surface area contributed by atoms with Crippen molar-refractivity contribution in [2.45, 2.75) is 17.9 Å². The Morgan fingerprint density at radius 3 is 2.85 bits per heavy atom. The van der Waals surface area contributed by atoms with E-state index >= 15 is 0 Å². The monoisotopic (exact) mass is 296 g/mol. The molecule has 0 fully saturated rings. The van der Waals surface area contributed by atoms with E-state index in [9.17, 15) is 8.42 Å². The smallest absolute Gasteiger partial charge is 0.240 e. The van der Waals surface area contributed by atoms with E-state index in [-0.39, 0.29) is 10.9 Å². The minimum Gasteiger partial charge on any atom is -0.316 e. The second-order valence-corrected chi connectivity index (χ2v) is 6.06. The van der Waals surface area contributed by atoms with Crippen molar-refractivity contribution in [3.8, 4) is 5.69 Å². The molecule has 1 unspecified atom stereocenters. The molecule has 0 saturated carbocycles. The lowest BCUT2D eigenvalue weighted by Crippen LogP contribution is -2.37. The number of sulfonamides is 1. The van der Waals surface area contributed by atoms with Crippen molar-refractivity contribution < 1.29 is 8.42 Å². The van der Waals surface area contributed by atoms with Crippen molar-refractivity contribution in [2.75, 3.05) is 13.6 Å². The zero-order valence-electron chi connectivity index (χ0n) is 11.2. The number of likely N-dealkylation sites (N-methyl/N-ethyl adjacent to an activating group) is 1. The highest BCUT2D eigenvalue weighted by Gasteiger charge is 2.15. The van der Waals surface area contributed by atoms with Gasteiger partial charge in [0, 0.05) is 12.6 Å². The van der Waals surface area contributed by atoms with Gasteiger partial charge < -0.3 is 5.32 Å². The zero-order chi connectivity index (χ0) is 14.6. The second kappa shape index (κ2) is 6.07.